The molecule has 1 fully saturated rings. The van der Waals surface area contributed by atoms with Gasteiger partial charge in [-0.2, -0.15) is 0 Å². The van der Waals surface area contributed by atoms with Gasteiger partial charge >= 0.3 is 131 Å². The van der Waals surface area contributed by atoms with Gasteiger partial charge in [0.05, 0.1) is 0 Å². The van der Waals surface area contributed by atoms with E-state index in [1.165, 1.54) is 0 Å². The Balaban J connectivity index is 2.77. The molecule has 1 rings (SSSR count). The van der Waals surface area contributed by atoms with E-state index in [9.17, 15) is 28.8 Å². The van der Waals surface area contributed by atoms with Crippen LogP contribution in [0.15, 0.2) is 0 Å². The van der Waals surface area contributed by atoms with Gasteiger partial charge in [0.25, 0.3) is 0 Å². The third-order valence-electron chi connectivity index (χ3n) is 3.31. The SMILES string of the molecule is O=S(=O)(O)O[C@@H](CO)[C@H](O)C[Se+]1C[C@H](O)[C@@H](O)[C@@H]1[C@H](O)CO. The van der Waals surface area contributed by atoms with Crippen molar-refractivity contribution in [3.63, 3.8) is 0 Å². The minimum absolute atomic E-state index is 0.101. The van der Waals surface area contributed by atoms with Gasteiger partial charge in [-0.3, -0.25) is 0 Å². The predicted octanol–water partition coefficient (Wildman–Crippen LogP) is -3.52. The molecule has 22 heavy (non-hydrogen) atoms. The number of rotatable bonds is 8. The molecule has 132 valence electrons. The number of hydrogen-bond donors (Lipinski definition) is 7. The third kappa shape index (κ3) is 5.35. The van der Waals surface area contributed by atoms with E-state index in [-0.39, 0.29) is 10.6 Å². The van der Waals surface area contributed by atoms with E-state index >= 15 is 0 Å². The monoisotopic (exact) mass is 413 g/mol. The molecule has 1 unspecified atom stereocenters. The molecular weight excluding hydrogens is 391 g/mol. The molecule has 1 aliphatic rings. The van der Waals surface area contributed by atoms with Crippen molar-refractivity contribution in [3.8, 4) is 0 Å². The predicted molar refractivity (Wildman–Crippen MR) is 73.7 cm³/mol. The van der Waals surface area contributed by atoms with E-state index in [4.69, 9.17) is 14.8 Å². The molecule has 7 atom stereocenters. The standard InChI is InChI=1S/C10H20O10SSe/c11-1-5(13)10-9(16)7(15)4-22(10)3-6(14)8(2-12)20-21(17,18)19/h5-16H,1-4H2/p+1/t5-,6-,7+,8+,9-,10+,22?/m1/s1. The molecular formula is C10H21O10SSe+. The van der Waals surface area contributed by atoms with E-state index in [2.05, 4.69) is 4.18 Å². The molecule has 10 nitrogen and oxygen atoms in total. The Kier molecular flexibility index (Phi) is 7.63. The molecule has 1 saturated heterocycles. The van der Waals surface area contributed by atoms with Crippen LogP contribution in [-0.4, -0.2) is 101 Å². The van der Waals surface area contributed by atoms with Gasteiger partial charge in [-0.15, -0.1) is 0 Å². The Hall–Kier alpha value is 0.149. The van der Waals surface area contributed by atoms with Crippen molar-refractivity contribution in [1.82, 2.24) is 0 Å². The molecule has 0 saturated carbocycles. The molecule has 0 aromatic carbocycles. The second-order valence-corrected chi connectivity index (χ2v) is 10.8. The van der Waals surface area contributed by atoms with E-state index in [1.807, 2.05) is 0 Å². The van der Waals surface area contributed by atoms with Crippen LogP contribution in [0.5, 0.6) is 0 Å². The summed E-state index contributed by atoms with van der Waals surface area (Å²) in [5.74, 6) is 0. The van der Waals surface area contributed by atoms with Crippen molar-refractivity contribution in [2.75, 3.05) is 13.2 Å². The number of aliphatic hydroxyl groups is 6. The van der Waals surface area contributed by atoms with Crippen molar-refractivity contribution < 1.29 is 47.8 Å². The van der Waals surface area contributed by atoms with Crippen LogP contribution in [-0.2, 0) is 14.6 Å². The quantitative estimate of drug-likeness (QED) is 0.156. The van der Waals surface area contributed by atoms with E-state index in [0.29, 0.717) is 0 Å². The molecule has 12 heteroatoms. The molecule has 0 aromatic heterocycles. The summed E-state index contributed by atoms with van der Waals surface area (Å²) in [7, 11) is -4.86. The maximum atomic E-state index is 10.6. The normalized spacial score (nSPS) is 33.6. The maximum absolute atomic E-state index is 10.6. The summed E-state index contributed by atoms with van der Waals surface area (Å²) in [5.41, 5.74) is 0. The Labute approximate surface area is 131 Å². The van der Waals surface area contributed by atoms with Crippen LogP contribution in [0.2, 0.25) is 15.5 Å². The third-order valence-corrected chi connectivity index (χ3v) is 9.89. The van der Waals surface area contributed by atoms with Gasteiger partial charge in [0.15, 0.2) is 0 Å². The van der Waals surface area contributed by atoms with Crippen molar-refractivity contribution in [1.29, 1.82) is 0 Å². The number of hydrogen-bond acceptors (Lipinski definition) is 9. The molecule has 0 radical (unpaired) electrons. The van der Waals surface area contributed by atoms with Crippen molar-refractivity contribution >= 4 is 24.3 Å². The summed E-state index contributed by atoms with van der Waals surface area (Å²) in [5, 5.41) is 57.2. The first-order valence-corrected chi connectivity index (χ1v) is 11.1. The molecule has 0 aliphatic carbocycles. The van der Waals surface area contributed by atoms with Crippen LogP contribution in [0, 0.1) is 0 Å². The average molecular weight is 412 g/mol. The van der Waals surface area contributed by atoms with Gasteiger partial charge in [-0.25, -0.2) is 0 Å². The average Bonchev–Trinajstić information content (AvgIpc) is 2.69. The molecule has 0 aromatic rings. The second-order valence-electron chi connectivity index (χ2n) is 4.96. The van der Waals surface area contributed by atoms with Crippen LogP contribution in [0.3, 0.4) is 0 Å². The fraction of sp³-hybridized carbons (Fsp3) is 1.00. The van der Waals surface area contributed by atoms with Gasteiger partial charge in [-0.1, -0.05) is 0 Å². The molecule has 7 N–H and O–H groups in total. The van der Waals surface area contributed by atoms with Gasteiger partial charge in [-0.05, 0) is 0 Å². The first-order chi connectivity index (χ1) is 10.1. The van der Waals surface area contributed by atoms with Gasteiger partial charge in [0.1, 0.15) is 0 Å². The van der Waals surface area contributed by atoms with Crippen LogP contribution in [0.25, 0.3) is 0 Å². The Morgan fingerprint density at radius 1 is 1.18 bits per heavy atom. The molecule has 1 heterocycles. The topological polar surface area (TPSA) is 185 Å². The van der Waals surface area contributed by atoms with Crippen LogP contribution in [0.1, 0.15) is 0 Å². The zero-order valence-electron chi connectivity index (χ0n) is 11.5. The zero-order chi connectivity index (χ0) is 17.1. The van der Waals surface area contributed by atoms with Crippen molar-refractivity contribution in [2.24, 2.45) is 0 Å². The van der Waals surface area contributed by atoms with Crippen LogP contribution < -0.4 is 0 Å². The van der Waals surface area contributed by atoms with Gasteiger partial charge in [0.2, 0.25) is 0 Å². The Bertz CT molecular complexity index is 445. The van der Waals surface area contributed by atoms with Crippen molar-refractivity contribution in [2.45, 2.75) is 46.0 Å². The van der Waals surface area contributed by atoms with E-state index in [1.54, 1.807) is 0 Å². The minimum atomic E-state index is -4.86. The van der Waals surface area contributed by atoms with E-state index < -0.39 is 72.8 Å². The van der Waals surface area contributed by atoms with Crippen LogP contribution in [0.4, 0.5) is 0 Å². The fourth-order valence-electron chi connectivity index (χ4n) is 2.28. The Morgan fingerprint density at radius 3 is 2.23 bits per heavy atom. The summed E-state index contributed by atoms with van der Waals surface area (Å²) in [6.07, 6.45) is -6.73. The van der Waals surface area contributed by atoms with E-state index in [0.717, 1.165) is 0 Å². The number of aliphatic hydroxyl groups excluding tert-OH is 6. The first kappa shape index (κ1) is 20.2. The molecule has 1 aliphatic heterocycles. The molecule has 0 bridgehead atoms. The Morgan fingerprint density at radius 2 is 1.77 bits per heavy atom. The first-order valence-electron chi connectivity index (χ1n) is 6.36. The summed E-state index contributed by atoms with van der Waals surface area (Å²) in [6.45, 7) is -1.51. The summed E-state index contributed by atoms with van der Waals surface area (Å²) in [6, 6.07) is 0. The molecule has 0 amide bonds. The summed E-state index contributed by atoms with van der Waals surface area (Å²) in [4.78, 5) is -0.806. The van der Waals surface area contributed by atoms with Crippen molar-refractivity contribution in [3.05, 3.63) is 0 Å². The zero-order valence-corrected chi connectivity index (χ0v) is 14.0. The molecule has 0 spiro atoms. The van der Waals surface area contributed by atoms with Crippen LogP contribution >= 0.6 is 0 Å². The van der Waals surface area contributed by atoms with Gasteiger partial charge < -0.3 is 0 Å². The fourth-order valence-corrected chi connectivity index (χ4v) is 9.02. The summed E-state index contributed by atoms with van der Waals surface area (Å²) >= 11 is -2.05. The second kappa shape index (κ2) is 8.31. The summed E-state index contributed by atoms with van der Waals surface area (Å²) < 4.78 is 34.0. The van der Waals surface area contributed by atoms with Gasteiger partial charge in [0, 0.05) is 0 Å².